The predicted molar refractivity (Wildman–Crippen MR) is 95.8 cm³/mol. The van der Waals surface area contributed by atoms with Crippen LogP contribution in [0, 0.1) is 0 Å². The van der Waals surface area contributed by atoms with E-state index >= 15 is 0 Å². The van der Waals surface area contributed by atoms with Crippen molar-refractivity contribution in [3.63, 3.8) is 0 Å². The lowest BCUT2D eigenvalue weighted by atomic mass is 10.1. The van der Waals surface area contributed by atoms with E-state index in [0.29, 0.717) is 18.1 Å². The highest BCUT2D eigenvalue weighted by molar-refractivity contribution is 6.07. The number of ether oxygens (including phenoxy) is 3. The van der Waals surface area contributed by atoms with Crippen molar-refractivity contribution >= 4 is 17.9 Å². The predicted octanol–water partition coefficient (Wildman–Crippen LogP) is 3.63. The van der Waals surface area contributed by atoms with Crippen LogP contribution in [0.15, 0.2) is 59.2 Å². The van der Waals surface area contributed by atoms with Crippen LogP contribution in [0.1, 0.15) is 17.5 Å². The van der Waals surface area contributed by atoms with E-state index < -0.39 is 5.97 Å². The molecule has 5 nitrogen and oxygen atoms in total. The minimum atomic E-state index is -0.435. The maximum Gasteiger partial charge on any atom is 0.363 e. The first-order valence-corrected chi connectivity index (χ1v) is 7.97. The molecule has 0 saturated heterocycles. The quantitative estimate of drug-likeness (QED) is 0.596. The summed E-state index contributed by atoms with van der Waals surface area (Å²) in [6, 6.07) is 15.2. The highest BCUT2D eigenvalue weighted by atomic mass is 16.6. The first kappa shape index (κ1) is 16.8. The zero-order valence-corrected chi connectivity index (χ0v) is 14.2. The van der Waals surface area contributed by atoms with Gasteiger partial charge in [-0.1, -0.05) is 30.3 Å². The average Bonchev–Trinajstić information content (AvgIpc) is 3.00. The second-order valence-corrected chi connectivity index (χ2v) is 5.51. The van der Waals surface area contributed by atoms with Gasteiger partial charge in [-0.3, -0.25) is 0 Å². The summed E-state index contributed by atoms with van der Waals surface area (Å²) in [5.74, 6) is 1.50. The molecule has 128 valence electrons. The van der Waals surface area contributed by atoms with Crippen molar-refractivity contribution in [3.8, 4) is 11.5 Å². The maximum atomic E-state index is 12.0. The minimum absolute atomic E-state index is 0.286. The van der Waals surface area contributed by atoms with Crippen LogP contribution < -0.4 is 9.47 Å². The first-order chi connectivity index (χ1) is 12.2. The van der Waals surface area contributed by atoms with Crippen molar-refractivity contribution in [1.29, 1.82) is 0 Å². The number of cyclic esters (lactones) is 1. The highest BCUT2D eigenvalue weighted by Gasteiger charge is 2.23. The monoisotopic (exact) mass is 337 g/mol. The van der Waals surface area contributed by atoms with Crippen LogP contribution >= 0.6 is 0 Å². The fourth-order valence-electron chi connectivity index (χ4n) is 2.54. The lowest BCUT2D eigenvalue weighted by Gasteiger charge is -2.03. The Bertz CT molecular complexity index is 822. The van der Waals surface area contributed by atoms with E-state index in [2.05, 4.69) is 4.99 Å². The number of carbonyl (C=O) groups is 1. The SMILES string of the molecule is COc1ccc(CCC2=N/C(=C\c3ccccc3OC)C(=O)O2)cc1. The molecule has 3 rings (SSSR count). The Kier molecular flexibility index (Phi) is 5.14. The third kappa shape index (κ3) is 4.07. The van der Waals surface area contributed by atoms with Crippen LogP contribution in [0.2, 0.25) is 0 Å². The zero-order chi connectivity index (χ0) is 17.6. The molecular weight excluding hydrogens is 318 g/mol. The molecule has 1 aliphatic heterocycles. The molecule has 0 radical (unpaired) electrons. The normalized spacial score (nSPS) is 15.0. The summed E-state index contributed by atoms with van der Waals surface area (Å²) < 4.78 is 15.7. The first-order valence-electron chi connectivity index (χ1n) is 7.97. The van der Waals surface area contributed by atoms with Crippen molar-refractivity contribution in [2.45, 2.75) is 12.8 Å². The van der Waals surface area contributed by atoms with E-state index in [0.717, 1.165) is 23.3 Å². The third-order valence-corrected chi connectivity index (χ3v) is 3.88. The molecule has 0 saturated carbocycles. The summed E-state index contributed by atoms with van der Waals surface area (Å²) in [7, 11) is 3.23. The molecule has 25 heavy (non-hydrogen) atoms. The van der Waals surface area contributed by atoms with Gasteiger partial charge in [0.15, 0.2) is 11.6 Å². The number of aryl methyl sites for hydroxylation is 1. The lowest BCUT2D eigenvalue weighted by molar-refractivity contribution is -0.130. The van der Waals surface area contributed by atoms with Crippen LogP contribution in [0.4, 0.5) is 0 Å². The summed E-state index contributed by atoms with van der Waals surface area (Å²) in [4.78, 5) is 16.3. The molecule has 5 heteroatoms. The fourth-order valence-corrected chi connectivity index (χ4v) is 2.54. The summed E-state index contributed by atoms with van der Waals surface area (Å²) in [6.07, 6.45) is 2.97. The van der Waals surface area contributed by atoms with E-state index in [-0.39, 0.29) is 5.70 Å². The maximum absolute atomic E-state index is 12.0. The number of aliphatic imine (C=N–C) groups is 1. The van der Waals surface area contributed by atoms with E-state index in [9.17, 15) is 4.79 Å². The average molecular weight is 337 g/mol. The van der Waals surface area contributed by atoms with Gasteiger partial charge in [-0.05, 0) is 36.3 Å². The number of rotatable bonds is 6. The van der Waals surface area contributed by atoms with Gasteiger partial charge in [-0.15, -0.1) is 0 Å². The van der Waals surface area contributed by atoms with E-state index in [1.807, 2.05) is 48.5 Å². The van der Waals surface area contributed by atoms with Crippen molar-refractivity contribution in [3.05, 3.63) is 65.4 Å². The number of hydrogen-bond acceptors (Lipinski definition) is 5. The van der Waals surface area contributed by atoms with Gasteiger partial charge in [0, 0.05) is 12.0 Å². The molecule has 0 aliphatic carbocycles. The molecular formula is C20H19NO4. The van der Waals surface area contributed by atoms with E-state index in [4.69, 9.17) is 14.2 Å². The van der Waals surface area contributed by atoms with Gasteiger partial charge in [-0.2, -0.15) is 0 Å². The number of esters is 1. The van der Waals surface area contributed by atoms with Gasteiger partial charge in [0.05, 0.1) is 14.2 Å². The molecule has 0 N–H and O–H groups in total. The second kappa shape index (κ2) is 7.66. The zero-order valence-electron chi connectivity index (χ0n) is 14.2. The van der Waals surface area contributed by atoms with Crippen LogP contribution in [0.5, 0.6) is 11.5 Å². The molecule has 0 aromatic heterocycles. The van der Waals surface area contributed by atoms with Crippen LogP contribution in [-0.4, -0.2) is 26.1 Å². The Morgan fingerprint density at radius 3 is 2.48 bits per heavy atom. The van der Waals surface area contributed by atoms with Crippen molar-refractivity contribution in [2.24, 2.45) is 4.99 Å². The number of hydrogen-bond donors (Lipinski definition) is 0. The second-order valence-electron chi connectivity index (χ2n) is 5.51. The number of para-hydroxylation sites is 1. The van der Waals surface area contributed by atoms with Gasteiger partial charge < -0.3 is 14.2 Å². The fraction of sp³-hybridized carbons (Fsp3) is 0.200. The number of methoxy groups -OCH3 is 2. The molecule has 0 spiro atoms. The van der Waals surface area contributed by atoms with Crippen molar-refractivity contribution in [2.75, 3.05) is 14.2 Å². The summed E-state index contributed by atoms with van der Waals surface area (Å²) in [5.41, 5.74) is 2.20. The molecule has 0 amide bonds. The molecule has 0 unspecified atom stereocenters. The van der Waals surface area contributed by atoms with Crippen molar-refractivity contribution in [1.82, 2.24) is 0 Å². The lowest BCUT2D eigenvalue weighted by Crippen LogP contribution is -2.05. The Labute approximate surface area is 146 Å². The molecule has 0 fully saturated rings. The van der Waals surface area contributed by atoms with Crippen LogP contribution in [-0.2, 0) is 16.0 Å². The van der Waals surface area contributed by atoms with Crippen LogP contribution in [0.25, 0.3) is 6.08 Å². The topological polar surface area (TPSA) is 57.1 Å². The number of benzene rings is 2. The molecule has 2 aromatic rings. The summed E-state index contributed by atoms with van der Waals surface area (Å²) in [6.45, 7) is 0. The van der Waals surface area contributed by atoms with Gasteiger partial charge in [0.25, 0.3) is 0 Å². The molecule has 1 heterocycles. The Morgan fingerprint density at radius 1 is 1.00 bits per heavy atom. The molecule has 0 atom stereocenters. The summed E-state index contributed by atoms with van der Waals surface area (Å²) in [5, 5.41) is 0. The largest absolute Gasteiger partial charge is 0.497 e. The highest BCUT2D eigenvalue weighted by Crippen LogP contribution is 2.24. The van der Waals surface area contributed by atoms with Gasteiger partial charge >= 0.3 is 5.97 Å². The Hall–Kier alpha value is -3.08. The Morgan fingerprint density at radius 2 is 1.76 bits per heavy atom. The van der Waals surface area contributed by atoms with Gasteiger partial charge in [0.1, 0.15) is 11.5 Å². The minimum Gasteiger partial charge on any atom is -0.497 e. The summed E-state index contributed by atoms with van der Waals surface area (Å²) >= 11 is 0. The third-order valence-electron chi connectivity index (χ3n) is 3.88. The molecule has 2 aromatic carbocycles. The van der Waals surface area contributed by atoms with Gasteiger partial charge in [-0.25, -0.2) is 9.79 Å². The Balaban J connectivity index is 1.70. The standard InChI is InChI=1S/C20H19NO4/c1-23-16-10-7-14(8-11-16)9-12-19-21-17(20(22)25-19)13-15-5-3-4-6-18(15)24-2/h3-8,10-11,13H,9,12H2,1-2H3/b17-13-. The van der Waals surface area contributed by atoms with E-state index in [1.54, 1.807) is 20.3 Å². The number of carbonyl (C=O) groups excluding carboxylic acids is 1. The molecule has 0 bridgehead atoms. The molecule has 1 aliphatic rings. The van der Waals surface area contributed by atoms with Gasteiger partial charge in [0.2, 0.25) is 0 Å². The van der Waals surface area contributed by atoms with Crippen LogP contribution in [0.3, 0.4) is 0 Å². The smallest absolute Gasteiger partial charge is 0.363 e. The van der Waals surface area contributed by atoms with Crippen molar-refractivity contribution < 1.29 is 19.0 Å². The van der Waals surface area contributed by atoms with E-state index in [1.165, 1.54) is 0 Å². The number of nitrogens with zero attached hydrogens (tertiary/aromatic N) is 1.